The molecule has 28 heavy (non-hydrogen) atoms. The number of hydrogen-bond acceptors (Lipinski definition) is 6. The standard InChI is InChI=1S/C19H19FN4O3S/c1-22(2)11-4-12-23(18(25)13-7-9-14(10-8-13)24(26)27)19-21-17-15(20)5-3-6-16(17)28-19/h3,5-10H,4,11-12H2,1-2H3. The molecule has 2 aromatic carbocycles. The molecule has 0 radical (unpaired) electrons. The molecule has 1 heterocycles. The van der Waals surface area contributed by atoms with Crippen molar-refractivity contribution in [3.63, 3.8) is 0 Å². The summed E-state index contributed by atoms with van der Waals surface area (Å²) >= 11 is 1.24. The molecule has 1 amide bonds. The SMILES string of the molecule is CN(C)CCCN(C(=O)c1ccc([N+](=O)[O-])cc1)c1nc2c(F)cccc2s1. The maximum atomic E-state index is 14.0. The van der Waals surface area contributed by atoms with Gasteiger partial charge >= 0.3 is 0 Å². The fourth-order valence-corrected chi connectivity index (χ4v) is 3.73. The van der Waals surface area contributed by atoms with Gasteiger partial charge in [0, 0.05) is 24.2 Å². The van der Waals surface area contributed by atoms with Crippen LogP contribution in [0.15, 0.2) is 42.5 Å². The Bertz CT molecular complexity index is 1000. The summed E-state index contributed by atoms with van der Waals surface area (Å²) in [6.07, 6.45) is 0.699. The van der Waals surface area contributed by atoms with Crippen molar-refractivity contribution in [2.45, 2.75) is 6.42 Å². The van der Waals surface area contributed by atoms with Crippen LogP contribution in [0.5, 0.6) is 0 Å². The molecule has 9 heteroatoms. The maximum Gasteiger partial charge on any atom is 0.269 e. The molecule has 0 aliphatic rings. The summed E-state index contributed by atoms with van der Waals surface area (Å²) in [5.41, 5.74) is 0.463. The molecule has 3 rings (SSSR count). The van der Waals surface area contributed by atoms with Gasteiger partial charge in [0.25, 0.3) is 11.6 Å². The summed E-state index contributed by atoms with van der Waals surface area (Å²) in [7, 11) is 3.88. The van der Waals surface area contributed by atoms with E-state index < -0.39 is 10.7 Å². The molecule has 0 saturated heterocycles. The van der Waals surface area contributed by atoms with E-state index in [1.807, 2.05) is 19.0 Å². The van der Waals surface area contributed by atoms with Gasteiger partial charge in [-0.3, -0.25) is 19.8 Å². The minimum atomic E-state index is -0.514. The summed E-state index contributed by atoms with van der Waals surface area (Å²) in [6.45, 7) is 1.17. The van der Waals surface area contributed by atoms with Gasteiger partial charge in [0.15, 0.2) is 5.13 Å². The molecule has 0 atom stereocenters. The number of amides is 1. The molecule has 146 valence electrons. The number of halogens is 1. The highest BCUT2D eigenvalue weighted by molar-refractivity contribution is 7.22. The van der Waals surface area contributed by atoms with E-state index in [0.29, 0.717) is 28.4 Å². The Kier molecular flexibility index (Phi) is 5.96. The fourth-order valence-electron chi connectivity index (χ4n) is 2.73. The van der Waals surface area contributed by atoms with E-state index in [9.17, 15) is 19.3 Å². The monoisotopic (exact) mass is 402 g/mol. The molecular formula is C19H19FN4O3S. The first-order chi connectivity index (χ1) is 13.4. The van der Waals surface area contributed by atoms with Crippen LogP contribution in [0.3, 0.4) is 0 Å². The van der Waals surface area contributed by atoms with Gasteiger partial charge < -0.3 is 4.90 Å². The number of aromatic nitrogens is 1. The Morgan fingerprint density at radius 2 is 1.89 bits per heavy atom. The first-order valence-electron chi connectivity index (χ1n) is 8.63. The highest BCUT2D eigenvalue weighted by Gasteiger charge is 2.22. The Hall–Kier alpha value is -2.91. The largest absolute Gasteiger partial charge is 0.309 e. The number of thiazole rings is 1. The normalized spacial score (nSPS) is 11.1. The Balaban J connectivity index is 1.94. The number of carbonyl (C=O) groups is 1. The van der Waals surface area contributed by atoms with Crippen molar-refractivity contribution in [1.82, 2.24) is 9.88 Å². The average molecular weight is 402 g/mol. The number of fused-ring (bicyclic) bond motifs is 1. The Labute approximate surface area is 165 Å². The second-order valence-corrected chi connectivity index (χ2v) is 7.51. The lowest BCUT2D eigenvalue weighted by Crippen LogP contribution is -2.33. The van der Waals surface area contributed by atoms with Gasteiger partial charge in [-0.1, -0.05) is 17.4 Å². The third kappa shape index (κ3) is 4.32. The number of nitro groups is 1. The Morgan fingerprint density at radius 1 is 1.18 bits per heavy atom. The van der Waals surface area contributed by atoms with E-state index in [0.717, 1.165) is 6.54 Å². The predicted molar refractivity (Wildman–Crippen MR) is 108 cm³/mol. The van der Waals surface area contributed by atoms with Crippen LogP contribution in [0.2, 0.25) is 0 Å². The number of carbonyl (C=O) groups excluding carboxylic acids is 1. The zero-order chi connectivity index (χ0) is 20.3. The molecular weight excluding hydrogens is 383 g/mol. The van der Waals surface area contributed by atoms with Gasteiger partial charge in [-0.15, -0.1) is 0 Å². The Morgan fingerprint density at radius 3 is 2.50 bits per heavy atom. The van der Waals surface area contributed by atoms with Crippen molar-refractivity contribution in [2.24, 2.45) is 0 Å². The number of non-ortho nitro benzene ring substituents is 1. The summed E-state index contributed by atoms with van der Waals surface area (Å²) in [5, 5.41) is 11.2. The van der Waals surface area contributed by atoms with E-state index in [2.05, 4.69) is 4.98 Å². The van der Waals surface area contributed by atoms with Gasteiger partial charge in [0.2, 0.25) is 0 Å². The van der Waals surface area contributed by atoms with Crippen LogP contribution in [0.4, 0.5) is 15.2 Å². The molecule has 0 unspecified atom stereocenters. The third-order valence-electron chi connectivity index (χ3n) is 4.15. The molecule has 1 aromatic heterocycles. The van der Waals surface area contributed by atoms with Crippen LogP contribution in [-0.2, 0) is 0 Å². The zero-order valence-corrected chi connectivity index (χ0v) is 16.3. The van der Waals surface area contributed by atoms with Crippen molar-refractivity contribution >= 4 is 38.3 Å². The molecule has 0 saturated carbocycles. The molecule has 0 bridgehead atoms. The van der Waals surface area contributed by atoms with Crippen molar-refractivity contribution in [3.05, 3.63) is 64.0 Å². The van der Waals surface area contributed by atoms with Crippen molar-refractivity contribution in [1.29, 1.82) is 0 Å². The number of nitro benzene ring substituents is 1. The minimum absolute atomic E-state index is 0.0854. The van der Waals surface area contributed by atoms with Crippen LogP contribution in [0.1, 0.15) is 16.8 Å². The minimum Gasteiger partial charge on any atom is -0.309 e. The van der Waals surface area contributed by atoms with E-state index in [4.69, 9.17) is 0 Å². The molecule has 0 spiro atoms. The number of benzene rings is 2. The van der Waals surface area contributed by atoms with Crippen LogP contribution in [0.25, 0.3) is 10.2 Å². The number of nitrogens with zero attached hydrogens (tertiary/aromatic N) is 4. The highest BCUT2D eigenvalue weighted by atomic mass is 32.1. The first kappa shape index (κ1) is 19.8. The highest BCUT2D eigenvalue weighted by Crippen LogP contribution is 2.31. The second kappa shape index (κ2) is 8.41. The lowest BCUT2D eigenvalue weighted by molar-refractivity contribution is -0.384. The summed E-state index contributed by atoms with van der Waals surface area (Å²) in [5.74, 6) is -0.760. The third-order valence-corrected chi connectivity index (χ3v) is 5.19. The summed E-state index contributed by atoms with van der Waals surface area (Å²) in [4.78, 5) is 31.2. The molecule has 0 aliphatic carbocycles. The lowest BCUT2D eigenvalue weighted by atomic mass is 10.2. The summed E-state index contributed by atoms with van der Waals surface area (Å²) < 4.78 is 14.7. The first-order valence-corrected chi connectivity index (χ1v) is 9.44. The summed E-state index contributed by atoms with van der Waals surface area (Å²) in [6, 6.07) is 10.1. The van der Waals surface area contributed by atoms with Crippen LogP contribution in [0, 0.1) is 15.9 Å². The van der Waals surface area contributed by atoms with Crippen LogP contribution in [-0.4, -0.2) is 47.9 Å². The molecule has 7 nitrogen and oxygen atoms in total. The van der Waals surface area contributed by atoms with Gasteiger partial charge in [-0.2, -0.15) is 0 Å². The maximum absolute atomic E-state index is 14.0. The topological polar surface area (TPSA) is 79.6 Å². The smallest absolute Gasteiger partial charge is 0.269 e. The van der Waals surface area contributed by atoms with Crippen molar-refractivity contribution < 1.29 is 14.1 Å². The lowest BCUT2D eigenvalue weighted by Gasteiger charge is -2.21. The van der Waals surface area contributed by atoms with Gasteiger partial charge in [0.1, 0.15) is 11.3 Å². The number of para-hydroxylation sites is 1. The van der Waals surface area contributed by atoms with Crippen LogP contribution >= 0.6 is 11.3 Å². The molecule has 3 aromatic rings. The van der Waals surface area contributed by atoms with Crippen molar-refractivity contribution in [2.75, 3.05) is 32.1 Å². The fraction of sp³-hybridized carbons (Fsp3) is 0.263. The molecule has 0 fully saturated rings. The molecule has 0 N–H and O–H groups in total. The van der Waals surface area contributed by atoms with E-state index in [1.54, 1.807) is 12.1 Å². The second-order valence-electron chi connectivity index (χ2n) is 6.50. The van der Waals surface area contributed by atoms with Gasteiger partial charge in [-0.05, 0) is 51.3 Å². The average Bonchev–Trinajstić information content (AvgIpc) is 3.10. The van der Waals surface area contributed by atoms with Gasteiger partial charge in [0.05, 0.1) is 9.62 Å². The molecule has 0 aliphatic heterocycles. The van der Waals surface area contributed by atoms with Gasteiger partial charge in [-0.25, -0.2) is 9.37 Å². The number of anilines is 1. The van der Waals surface area contributed by atoms with E-state index in [1.165, 1.54) is 46.6 Å². The van der Waals surface area contributed by atoms with Crippen LogP contribution < -0.4 is 4.90 Å². The van der Waals surface area contributed by atoms with E-state index >= 15 is 0 Å². The zero-order valence-electron chi connectivity index (χ0n) is 15.5. The van der Waals surface area contributed by atoms with E-state index in [-0.39, 0.29) is 17.1 Å². The number of hydrogen-bond donors (Lipinski definition) is 0. The predicted octanol–water partition coefficient (Wildman–Crippen LogP) is 3.94. The number of rotatable bonds is 7. The quantitative estimate of drug-likeness (QED) is 0.442. The van der Waals surface area contributed by atoms with Crippen molar-refractivity contribution in [3.8, 4) is 0 Å².